The van der Waals surface area contributed by atoms with E-state index in [0.29, 0.717) is 112 Å². The molecule has 0 radical (unpaired) electrons. The molecule has 2 aromatic carbocycles. The average Bonchev–Trinajstić information content (AvgIpc) is 2.99. The summed E-state index contributed by atoms with van der Waals surface area (Å²) in [5, 5.41) is 1.41. The molecule has 0 amide bonds. The first-order valence-electron chi connectivity index (χ1n) is 13.6. The van der Waals surface area contributed by atoms with E-state index in [1.165, 1.54) is 0 Å². The van der Waals surface area contributed by atoms with Crippen molar-refractivity contribution < 1.29 is 47.4 Å². The zero-order valence-corrected chi connectivity index (χ0v) is 26.5. The average molecular weight is 706 g/mol. The summed E-state index contributed by atoms with van der Waals surface area (Å²) in [6, 6.07) is 8.91. The molecular formula is C29H38Br2O10. The van der Waals surface area contributed by atoms with Crippen molar-refractivity contribution in [1.82, 2.24) is 0 Å². The van der Waals surface area contributed by atoms with Crippen LogP contribution in [0.2, 0.25) is 0 Å². The molecule has 0 fully saturated rings. The second-order valence-corrected chi connectivity index (χ2v) is 9.68. The molecule has 10 nitrogen and oxygen atoms in total. The Labute approximate surface area is 258 Å². The van der Waals surface area contributed by atoms with Gasteiger partial charge in [0.2, 0.25) is 0 Å². The Bertz CT molecular complexity index is 1050. The van der Waals surface area contributed by atoms with Crippen LogP contribution in [0.3, 0.4) is 0 Å². The monoisotopic (exact) mass is 704 g/mol. The van der Waals surface area contributed by atoms with Gasteiger partial charge in [-0.3, -0.25) is 0 Å². The molecule has 0 bridgehead atoms. The molecule has 3 rings (SSSR count). The molecule has 2 aromatic rings. The third-order valence-corrected chi connectivity index (χ3v) is 6.90. The van der Waals surface area contributed by atoms with E-state index in [1.807, 2.05) is 12.1 Å². The fourth-order valence-electron chi connectivity index (χ4n) is 3.69. The van der Waals surface area contributed by atoms with Gasteiger partial charge in [0.1, 0.15) is 26.4 Å². The number of rotatable bonds is 4. The van der Waals surface area contributed by atoms with E-state index < -0.39 is 5.97 Å². The predicted molar refractivity (Wildman–Crippen MR) is 159 cm³/mol. The van der Waals surface area contributed by atoms with E-state index in [2.05, 4.69) is 31.9 Å². The highest BCUT2D eigenvalue weighted by atomic mass is 79.9. The molecule has 1 aliphatic heterocycles. The van der Waals surface area contributed by atoms with Gasteiger partial charge < -0.3 is 42.6 Å². The second kappa shape index (κ2) is 19.9. The first-order valence-corrected chi connectivity index (χ1v) is 15.8. The van der Waals surface area contributed by atoms with Crippen LogP contribution >= 0.6 is 31.9 Å². The Morgan fingerprint density at radius 3 is 1.41 bits per heavy atom. The van der Waals surface area contributed by atoms with E-state index in [1.54, 1.807) is 25.1 Å². The minimum absolute atomic E-state index is 0.267. The highest BCUT2D eigenvalue weighted by Crippen LogP contribution is 2.33. The summed E-state index contributed by atoms with van der Waals surface area (Å²) in [4.78, 5) is 12.2. The molecule has 0 saturated carbocycles. The van der Waals surface area contributed by atoms with Crippen LogP contribution in [0.5, 0.6) is 23.0 Å². The van der Waals surface area contributed by atoms with Crippen LogP contribution in [0.15, 0.2) is 30.3 Å². The molecule has 0 saturated heterocycles. The minimum atomic E-state index is -0.426. The lowest BCUT2D eigenvalue weighted by molar-refractivity contribution is 0.0223. The van der Waals surface area contributed by atoms with Crippen molar-refractivity contribution >= 4 is 37.8 Å². The van der Waals surface area contributed by atoms with E-state index in [-0.39, 0.29) is 13.2 Å². The molecule has 0 atom stereocenters. The van der Waals surface area contributed by atoms with Gasteiger partial charge in [-0.05, 0) is 48.4 Å². The Balaban J connectivity index is 1.57. The SMILES string of the molecule is CCOC(=O)c1ccc2c(c1)OCCOCCOCCOc1cc(CBr)c(CBr)cc1OCCOCCOCCO2. The first-order chi connectivity index (χ1) is 20.2. The van der Waals surface area contributed by atoms with E-state index >= 15 is 0 Å². The number of hydrogen-bond donors (Lipinski definition) is 0. The molecule has 0 unspecified atom stereocenters. The van der Waals surface area contributed by atoms with Crippen LogP contribution in [0.1, 0.15) is 28.4 Å². The molecule has 41 heavy (non-hydrogen) atoms. The Morgan fingerprint density at radius 2 is 1.00 bits per heavy atom. The van der Waals surface area contributed by atoms with Crippen LogP contribution in [0.4, 0.5) is 0 Å². The molecular weight excluding hydrogens is 668 g/mol. The summed E-state index contributed by atoms with van der Waals surface area (Å²) in [7, 11) is 0. The van der Waals surface area contributed by atoms with Gasteiger partial charge in [-0.15, -0.1) is 0 Å². The van der Waals surface area contributed by atoms with Gasteiger partial charge in [-0.25, -0.2) is 4.79 Å². The topological polar surface area (TPSA) is 100 Å². The number of carbonyl (C=O) groups excluding carboxylic acids is 1. The van der Waals surface area contributed by atoms with E-state index in [4.69, 9.17) is 42.6 Å². The van der Waals surface area contributed by atoms with Crippen molar-refractivity contribution in [2.75, 3.05) is 85.9 Å². The van der Waals surface area contributed by atoms with Crippen LogP contribution in [0.25, 0.3) is 0 Å². The molecule has 12 heteroatoms. The summed E-state index contributed by atoms with van der Waals surface area (Å²) < 4.78 is 51.4. The normalized spacial score (nSPS) is 16.8. The fraction of sp³-hybridized carbons (Fsp3) is 0.552. The summed E-state index contributed by atoms with van der Waals surface area (Å²) in [6.45, 7) is 6.47. The minimum Gasteiger partial charge on any atom is -0.487 e. The number of alkyl halides is 2. The van der Waals surface area contributed by atoms with Crippen LogP contribution in [-0.4, -0.2) is 91.9 Å². The maximum Gasteiger partial charge on any atom is 0.338 e. The summed E-state index contributed by atoms with van der Waals surface area (Å²) >= 11 is 7.09. The van der Waals surface area contributed by atoms with Crippen LogP contribution < -0.4 is 18.9 Å². The predicted octanol–water partition coefficient (Wildman–Crippen LogP) is 4.95. The Morgan fingerprint density at radius 1 is 0.610 bits per heavy atom. The van der Waals surface area contributed by atoms with Gasteiger partial charge in [0.25, 0.3) is 0 Å². The number of halogens is 2. The maximum atomic E-state index is 12.2. The third kappa shape index (κ3) is 12.0. The number of fused-ring (bicyclic) bond motifs is 2. The van der Waals surface area contributed by atoms with E-state index in [0.717, 1.165) is 11.1 Å². The summed E-state index contributed by atoms with van der Waals surface area (Å²) in [5.41, 5.74) is 2.62. The lowest BCUT2D eigenvalue weighted by atomic mass is 10.1. The molecule has 1 heterocycles. The highest BCUT2D eigenvalue weighted by molar-refractivity contribution is 9.09. The summed E-state index contributed by atoms with van der Waals surface area (Å²) in [6.07, 6.45) is 0. The third-order valence-electron chi connectivity index (χ3n) is 5.69. The van der Waals surface area contributed by atoms with Crippen molar-refractivity contribution in [2.24, 2.45) is 0 Å². The first kappa shape index (κ1) is 33.4. The zero-order chi connectivity index (χ0) is 29.1. The molecule has 0 N–H and O–H groups in total. The lowest BCUT2D eigenvalue weighted by Gasteiger charge is -2.17. The van der Waals surface area contributed by atoms with Crippen molar-refractivity contribution in [1.29, 1.82) is 0 Å². The quantitative estimate of drug-likeness (QED) is 0.321. The van der Waals surface area contributed by atoms with Crippen molar-refractivity contribution in [3.8, 4) is 23.0 Å². The van der Waals surface area contributed by atoms with Gasteiger partial charge in [0, 0.05) is 10.7 Å². The second-order valence-electron chi connectivity index (χ2n) is 8.56. The molecule has 228 valence electrons. The van der Waals surface area contributed by atoms with Gasteiger partial charge in [0.15, 0.2) is 23.0 Å². The lowest BCUT2D eigenvalue weighted by Crippen LogP contribution is -2.16. The zero-order valence-electron chi connectivity index (χ0n) is 23.3. The maximum absolute atomic E-state index is 12.2. The number of benzene rings is 2. The van der Waals surface area contributed by atoms with Crippen LogP contribution in [0, 0.1) is 0 Å². The van der Waals surface area contributed by atoms with E-state index in [9.17, 15) is 4.79 Å². The molecule has 0 aromatic heterocycles. The standard InChI is InChI=1S/C29H38Br2O10/c1-2-37-29(32)22-3-4-25-26(17-22)39-14-10-34-7-8-36-12-16-41-28-19-24(21-31)23(20-30)18-27(28)40-15-11-35-6-5-33-9-13-38-25/h3-4,17-19H,2,5-16,20-21H2,1H3. The van der Waals surface area contributed by atoms with Gasteiger partial charge in [-0.2, -0.15) is 0 Å². The smallest absolute Gasteiger partial charge is 0.338 e. The number of ether oxygens (including phenoxy) is 9. The molecule has 0 spiro atoms. The van der Waals surface area contributed by atoms with Crippen molar-refractivity contribution in [2.45, 2.75) is 17.6 Å². The number of carbonyl (C=O) groups is 1. The van der Waals surface area contributed by atoms with Gasteiger partial charge in [0.05, 0.1) is 65.0 Å². The Hall–Kier alpha value is -2.09. The number of hydrogen-bond acceptors (Lipinski definition) is 10. The molecule has 0 aliphatic carbocycles. The van der Waals surface area contributed by atoms with Crippen molar-refractivity contribution in [3.63, 3.8) is 0 Å². The van der Waals surface area contributed by atoms with Gasteiger partial charge >= 0.3 is 5.97 Å². The largest absolute Gasteiger partial charge is 0.487 e. The van der Waals surface area contributed by atoms with Crippen molar-refractivity contribution in [3.05, 3.63) is 47.0 Å². The van der Waals surface area contributed by atoms with Crippen LogP contribution in [-0.2, 0) is 34.3 Å². The van der Waals surface area contributed by atoms with Gasteiger partial charge in [-0.1, -0.05) is 31.9 Å². The highest BCUT2D eigenvalue weighted by Gasteiger charge is 2.14. The number of esters is 1. The Kier molecular flexibility index (Phi) is 16.2. The molecule has 1 aliphatic rings. The summed E-state index contributed by atoms with van der Waals surface area (Å²) in [5.74, 6) is 1.82. The fourth-order valence-corrected chi connectivity index (χ4v) is 4.73.